The molecular weight excluding hydrogens is 349 g/mol. The number of anilines is 2. The highest BCUT2D eigenvalue weighted by atomic mass is 19.4. The summed E-state index contributed by atoms with van der Waals surface area (Å²) < 4.78 is 41.0. The molecule has 26 heavy (non-hydrogen) atoms. The van der Waals surface area contributed by atoms with E-state index in [1.807, 2.05) is 11.8 Å². The topological polar surface area (TPSA) is 70.5 Å². The van der Waals surface area contributed by atoms with E-state index >= 15 is 0 Å². The number of ether oxygens (including phenoxy) is 1. The van der Waals surface area contributed by atoms with E-state index in [4.69, 9.17) is 5.11 Å². The number of hydrogen-bond acceptors (Lipinski definition) is 6. The summed E-state index contributed by atoms with van der Waals surface area (Å²) in [5.74, 6) is 0.939. The Balaban J connectivity index is 1.73. The van der Waals surface area contributed by atoms with Gasteiger partial charge in [-0.1, -0.05) is 6.07 Å². The molecule has 2 heterocycles. The van der Waals surface area contributed by atoms with E-state index < -0.39 is 6.36 Å². The van der Waals surface area contributed by atoms with E-state index in [1.165, 1.54) is 12.1 Å². The molecule has 1 aliphatic heterocycles. The van der Waals surface area contributed by atoms with Crippen LogP contribution in [0.15, 0.2) is 30.5 Å². The van der Waals surface area contributed by atoms with E-state index in [-0.39, 0.29) is 18.4 Å². The summed E-state index contributed by atoms with van der Waals surface area (Å²) in [6.45, 7) is 2.93. The van der Waals surface area contributed by atoms with Gasteiger partial charge in [-0.25, -0.2) is 4.98 Å². The molecule has 6 nitrogen and oxygen atoms in total. The highest BCUT2D eigenvalue weighted by molar-refractivity contribution is 5.48. The molecule has 0 unspecified atom stereocenters. The van der Waals surface area contributed by atoms with E-state index in [1.54, 1.807) is 18.3 Å². The smallest absolute Gasteiger partial charge is 0.406 e. The van der Waals surface area contributed by atoms with Crippen molar-refractivity contribution in [1.82, 2.24) is 9.97 Å². The van der Waals surface area contributed by atoms with Crippen LogP contribution in [-0.4, -0.2) is 40.6 Å². The number of fused-ring (bicyclic) bond motifs is 1. The average Bonchev–Trinajstić information content (AvgIpc) is 2.60. The van der Waals surface area contributed by atoms with Crippen molar-refractivity contribution < 1.29 is 23.0 Å². The van der Waals surface area contributed by atoms with Crippen molar-refractivity contribution >= 4 is 11.8 Å². The van der Waals surface area contributed by atoms with Crippen molar-refractivity contribution in [2.24, 2.45) is 0 Å². The Kier molecular flexibility index (Phi) is 5.17. The highest BCUT2D eigenvalue weighted by Gasteiger charge is 2.31. The average molecular weight is 368 g/mol. The van der Waals surface area contributed by atoms with Crippen LogP contribution in [0.25, 0.3) is 0 Å². The van der Waals surface area contributed by atoms with Crippen molar-refractivity contribution in [3.63, 3.8) is 0 Å². The Morgan fingerprint density at radius 3 is 2.85 bits per heavy atom. The summed E-state index contributed by atoms with van der Waals surface area (Å²) in [5.41, 5.74) is 1.77. The standard InChI is InChI=1S/C17H19F3N4O2/c1-11(10-25)22-16-21-6-4-15(23-16)24-7-5-12-8-14(26-17(18,19)20)3-2-13(12)9-24/h2-4,6,8,11,25H,5,7,9-10H2,1H3,(H,21,22,23)/t11-/m0/s1. The molecule has 0 radical (unpaired) electrons. The van der Waals surface area contributed by atoms with Crippen LogP contribution in [-0.2, 0) is 13.0 Å². The molecule has 1 atom stereocenters. The molecule has 2 N–H and O–H groups in total. The van der Waals surface area contributed by atoms with Crippen molar-refractivity contribution in [1.29, 1.82) is 0 Å². The predicted octanol–water partition coefficient (Wildman–Crippen LogP) is 2.73. The molecule has 0 spiro atoms. The zero-order valence-electron chi connectivity index (χ0n) is 14.1. The summed E-state index contributed by atoms with van der Waals surface area (Å²) in [7, 11) is 0. The zero-order chi connectivity index (χ0) is 18.7. The van der Waals surface area contributed by atoms with Crippen molar-refractivity contribution in [3.05, 3.63) is 41.6 Å². The molecule has 0 amide bonds. The molecule has 0 saturated heterocycles. The molecule has 1 aliphatic rings. The van der Waals surface area contributed by atoms with Gasteiger partial charge < -0.3 is 20.1 Å². The lowest BCUT2D eigenvalue weighted by atomic mass is 9.99. The van der Waals surface area contributed by atoms with E-state index in [0.717, 1.165) is 11.1 Å². The summed E-state index contributed by atoms with van der Waals surface area (Å²) in [6.07, 6.45) is -2.47. The SMILES string of the molecule is C[C@@H](CO)Nc1nccc(N2CCc3cc(OC(F)(F)F)ccc3C2)n1. The van der Waals surface area contributed by atoms with Gasteiger partial charge in [-0.3, -0.25) is 0 Å². The van der Waals surface area contributed by atoms with E-state index in [0.29, 0.717) is 31.3 Å². The molecule has 0 fully saturated rings. The second-order valence-corrected chi connectivity index (χ2v) is 6.12. The lowest BCUT2D eigenvalue weighted by molar-refractivity contribution is -0.274. The predicted molar refractivity (Wildman–Crippen MR) is 90.1 cm³/mol. The van der Waals surface area contributed by atoms with Gasteiger partial charge in [0.25, 0.3) is 0 Å². The monoisotopic (exact) mass is 368 g/mol. The van der Waals surface area contributed by atoms with Crippen LogP contribution in [0.1, 0.15) is 18.1 Å². The third-order valence-corrected chi connectivity index (χ3v) is 4.04. The van der Waals surface area contributed by atoms with Crippen LogP contribution in [0.2, 0.25) is 0 Å². The Morgan fingerprint density at radius 2 is 2.12 bits per heavy atom. The van der Waals surface area contributed by atoms with Gasteiger partial charge in [-0.15, -0.1) is 13.2 Å². The Morgan fingerprint density at radius 1 is 1.31 bits per heavy atom. The van der Waals surface area contributed by atoms with Crippen molar-refractivity contribution in [3.8, 4) is 5.75 Å². The number of alkyl halides is 3. The number of aliphatic hydroxyl groups excluding tert-OH is 1. The molecule has 0 aliphatic carbocycles. The van der Waals surface area contributed by atoms with Gasteiger partial charge in [0.05, 0.1) is 6.61 Å². The molecule has 9 heteroatoms. The van der Waals surface area contributed by atoms with Gasteiger partial charge in [-0.05, 0) is 42.7 Å². The van der Waals surface area contributed by atoms with Gasteiger partial charge in [0.15, 0.2) is 0 Å². The molecule has 3 rings (SSSR count). The van der Waals surface area contributed by atoms with Crippen LogP contribution >= 0.6 is 0 Å². The second-order valence-electron chi connectivity index (χ2n) is 6.12. The summed E-state index contributed by atoms with van der Waals surface area (Å²) in [6, 6.07) is 6.03. The summed E-state index contributed by atoms with van der Waals surface area (Å²) in [4.78, 5) is 10.6. The van der Waals surface area contributed by atoms with Crippen molar-refractivity contribution in [2.75, 3.05) is 23.4 Å². The first-order chi connectivity index (χ1) is 12.3. The van der Waals surface area contributed by atoms with Gasteiger partial charge in [-0.2, -0.15) is 4.98 Å². The van der Waals surface area contributed by atoms with E-state index in [2.05, 4.69) is 20.0 Å². The Labute approximate surface area is 148 Å². The van der Waals surface area contributed by atoms with Gasteiger partial charge >= 0.3 is 6.36 Å². The third kappa shape index (κ3) is 4.54. The molecule has 140 valence electrons. The number of halogens is 3. The number of rotatable bonds is 5. The number of hydrogen-bond donors (Lipinski definition) is 2. The fraction of sp³-hybridized carbons (Fsp3) is 0.412. The minimum Gasteiger partial charge on any atom is -0.406 e. The normalized spacial score (nSPS) is 15.3. The van der Waals surface area contributed by atoms with Crippen LogP contribution in [0.3, 0.4) is 0 Å². The quantitative estimate of drug-likeness (QED) is 0.846. The van der Waals surface area contributed by atoms with Gasteiger partial charge in [0.2, 0.25) is 5.95 Å². The maximum absolute atomic E-state index is 12.3. The first-order valence-corrected chi connectivity index (χ1v) is 8.17. The number of benzene rings is 1. The molecule has 1 aromatic heterocycles. The van der Waals surface area contributed by atoms with E-state index in [9.17, 15) is 13.2 Å². The number of aliphatic hydroxyl groups is 1. The number of nitrogens with one attached hydrogen (secondary N) is 1. The van der Waals surface area contributed by atoms with Crippen LogP contribution in [0.4, 0.5) is 24.9 Å². The molecular formula is C17H19F3N4O2. The first-order valence-electron chi connectivity index (χ1n) is 8.17. The molecule has 2 aromatic rings. The minimum atomic E-state index is -4.69. The molecule has 1 aromatic carbocycles. The zero-order valence-corrected chi connectivity index (χ0v) is 14.1. The lowest BCUT2D eigenvalue weighted by Crippen LogP contribution is -2.31. The summed E-state index contributed by atoms with van der Waals surface area (Å²) >= 11 is 0. The maximum atomic E-state index is 12.3. The van der Waals surface area contributed by atoms with Gasteiger partial charge in [0.1, 0.15) is 11.6 Å². The molecule has 0 saturated carbocycles. The van der Waals surface area contributed by atoms with Crippen LogP contribution in [0.5, 0.6) is 5.75 Å². The lowest BCUT2D eigenvalue weighted by Gasteiger charge is -2.30. The Bertz CT molecular complexity index is 770. The second kappa shape index (κ2) is 7.36. The van der Waals surface area contributed by atoms with Crippen LogP contribution in [0, 0.1) is 0 Å². The minimum absolute atomic E-state index is 0.0347. The fourth-order valence-electron chi connectivity index (χ4n) is 2.78. The molecule has 0 bridgehead atoms. The first kappa shape index (κ1) is 18.2. The summed E-state index contributed by atoms with van der Waals surface area (Å²) in [5, 5.41) is 12.1. The van der Waals surface area contributed by atoms with Gasteiger partial charge in [0, 0.05) is 25.3 Å². The third-order valence-electron chi connectivity index (χ3n) is 4.04. The number of nitrogens with zero attached hydrogens (tertiary/aromatic N) is 3. The maximum Gasteiger partial charge on any atom is 0.573 e. The fourth-order valence-corrected chi connectivity index (χ4v) is 2.78. The highest BCUT2D eigenvalue weighted by Crippen LogP contribution is 2.29. The van der Waals surface area contributed by atoms with Crippen LogP contribution < -0.4 is 15.0 Å². The number of aromatic nitrogens is 2. The van der Waals surface area contributed by atoms with Crippen molar-refractivity contribution in [2.45, 2.75) is 32.3 Å². The Hall–Kier alpha value is -2.55. The largest absolute Gasteiger partial charge is 0.573 e.